The van der Waals surface area contributed by atoms with Gasteiger partial charge in [0.15, 0.2) is 0 Å². The van der Waals surface area contributed by atoms with Crippen LogP contribution >= 0.6 is 0 Å². The van der Waals surface area contributed by atoms with Crippen LogP contribution in [0.1, 0.15) is 46.5 Å². The minimum absolute atomic E-state index is 0.0387. The number of hydrogen-bond acceptors (Lipinski definition) is 5. The summed E-state index contributed by atoms with van der Waals surface area (Å²) in [5, 5.41) is 0. The molecule has 0 amide bonds. The van der Waals surface area contributed by atoms with E-state index in [9.17, 15) is 4.79 Å². The van der Waals surface area contributed by atoms with E-state index in [1.807, 2.05) is 6.92 Å². The molecule has 122 valence electrons. The summed E-state index contributed by atoms with van der Waals surface area (Å²) in [7, 11) is 0. The van der Waals surface area contributed by atoms with Crippen LogP contribution in [0.2, 0.25) is 0 Å². The van der Waals surface area contributed by atoms with Crippen molar-refractivity contribution in [2.45, 2.75) is 64.1 Å². The second kappa shape index (κ2) is 7.56. The van der Waals surface area contributed by atoms with Gasteiger partial charge in [-0.25, -0.2) is 0 Å². The second-order valence-corrected chi connectivity index (χ2v) is 6.36. The van der Waals surface area contributed by atoms with Crippen LogP contribution in [0, 0.1) is 0 Å². The first-order chi connectivity index (χ1) is 10.1. The molecule has 0 radical (unpaired) electrons. The predicted octanol–water partition coefficient (Wildman–Crippen LogP) is 1.99. The van der Waals surface area contributed by atoms with Crippen LogP contribution in [0.3, 0.4) is 0 Å². The van der Waals surface area contributed by atoms with Crippen LogP contribution in [-0.2, 0) is 19.0 Å². The minimum atomic E-state index is -0.126. The van der Waals surface area contributed by atoms with Crippen LogP contribution in [0.25, 0.3) is 0 Å². The number of nitrogens with zero attached hydrogens (tertiary/aromatic N) is 1. The fourth-order valence-electron chi connectivity index (χ4n) is 3.47. The van der Waals surface area contributed by atoms with E-state index in [-0.39, 0.29) is 11.6 Å². The summed E-state index contributed by atoms with van der Waals surface area (Å²) in [6, 6.07) is 0.718. The van der Waals surface area contributed by atoms with Crippen LogP contribution in [0.15, 0.2) is 0 Å². The highest BCUT2D eigenvalue weighted by Crippen LogP contribution is 2.36. The molecule has 2 aliphatic rings. The third kappa shape index (κ3) is 4.41. The highest BCUT2D eigenvalue weighted by atomic mass is 16.5. The molecule has 1 unspecified atom stereocenters. The van der Waals surface area contributed by atoms with Crippen molar-refractivity contribution in [3.63, 3.8) is 0 Å². The zero-order chi connectivity index (χ0) is 15.3. The molecular weight excluding hydrogens is 270 g/mol. The van der Waals surface area contributed by atoms with Gasteiger partial charge < -0.3 is 14.2 Å². The summed E-state index contributed by atoms with van der Waals surface area (Å²) in [5.41, 5.74) is -0.0387. The number of carbonyl (C=O) groups is 1. The zero-order valence-corrected chi connectivity index (χ0v) is 13.6. The van der Waals surface area contributed by atoms with Crippen molar-refractivity contribution >= 4 is 5.97 Å². The Balaban J connectivity index is 2.00. The van der Waals surface area contributed by atoms with Crippen LogP contribution in [0.5, 0.6) is 0 Å². The normalized spacial score (nSPS) is 25.5. The maximum absolute atomic E-state index is 11.9. The Morgan fingerprint density at radius 1 is 1.33 bits per heavy atom. The summed E-state index contributed by atoms with van der Waals surface area (Å²) >= 11 is 0. The lowest BCUT2D eigenvalue weighted by Crippen LogP contribution is -2.53. The summed E-state index contributed by atoms with van der Waals surface area (Å²) in [5.74, 6) is -0.126. The van der Waals surface area contributed by atoms with Crippen molar-refractivity contribution in [3.05, 3.63) is 0 Å². The molecule has 2 heterocycles. The van der Waals surface area contributed by atoms with E-state index in [0.717, 1.165) is 45.5 Å². The summed E-state index contributed by atoms with van der Waals surface area (Å²) in [4.78, 5) is 14.1. The van der Waals surface area contributed by atoms with Gasteiger partial charge in [0, 0.05) is 31.9 Å². The smallest absolute Gasteiger partial charge is 0.320 e. The van der Waals surface area contributed by atoms with Crippen LogP contribution in [-0.4, -0.2) is 61.5 Å². The second-order valence-electron chi connectivity index (χ2n) is 6.36. The predicted molar refractivity (Wildman–Crippen MR) is 80.2 cm³/mol. The van der Waals surface area contributed by atoms with Crippen molar-refractivity contribution in [1.29, 1.82) is 0 Å². The summed E-state index contributed by atoms with van der Waals surface area (Å²) < 4.78 is 16.7. The van der Waals surface area contributed by atoms with E-state index in [0.29, 0.717) is 25.2 Å². The molecule has 0 aromatic carbocycles. The lowest BCUT2D eigenvalue weighted by Gasteiger charge is -2.47. The summed E-state index contributed by atoms with van der Waals surface area (Å²) in [6.45, 7) is 9.30. The van der Waals surface area contributed by atoms with Crippen molar-refractivity contribution in [3.8, 4) is 0 Å². The largest absolute Gasteiger partial charge is 0.465 e. The molecule has 0 aliphatic carbocycles. The van der Waals surface area contributed by atoms with Gasteiger partial charge in [-0.05, 0) is 46.5 Å². The SMILES string of the molecule is CCOC(=O)CN(C(C)C)C1CCOC2(CCOCC2)C1. The summed E-state index contributed by atoms with van der Waals surface area (Å²) in [6.07, 6.45) is 3.91. The van der Waals surface area contributed by atoms with E-state index >= 15 is 0 Å². The molecule has 2 rings (SSSR count). The van der Waals surface area contributed by atoms with E-state index < -0.39 is 0 Å². The standard InChI is InChI=1S/C16H29NO4/c1-4-20-15(18)12-17(13(2)3)14-5-8-21-16(11-14)6-9-19-10-7-16/h13-14H,4-12H2,1-3H3. The first-order valence-electron chi connectivity index (χ1n) is 8.19. The van der Waals surface area contributed by atoms with Crippen LogP contribution in [0.4, 0.5) is 0 Å². The third-order valence-electron chi connectivity index (χ3n) is 4.62. The number of rotatable bonds is 5. The molecule has 0 aromatic rings. The first kappa shape index (κ1) is 16.7. The third-order valence-corrected chi connectivity index (χ3v) is 4.62. The van der Waals surface area contributed by atoms with E-state index in [1.54, 1.807) is 0 Å². The molecule has 21 heavy (non-hydrogen) atoms. The van der Waals surface area contributed by atoms with E-state index in [1.165, 1.54) is 0 Å². The Morgan fingerprint density at radius 2 is 2.05 bits per heavy atom. The number of esters is 1. The molecule has 0 bridgehead atoms. The minimum Gasteiger partial charge on any atom is -0.465 e. The quantitative estimate of drug-likeness (QED) is 0.727. The first-order valence-corrected chi connectivity index (χ1v) is 8.19. The van der Waals surface area contributed by atoms with Crippen LogP contribution < -0.4 is 0 Å². The molecular formula is C16H29NO4. The van der Waals surface area contributed by atoms with Gasteiger partial charge in [0.2, 0.25) is 0 Å². The van der Waals surface area contributed by atoms with Gasteiger partial charge in [0.1, 0.15) is 0 Å². The fourth-order valence-corrected chi connectivity index (χ4v) is 3.47. The van der Waals surface area contributed by atoms with Gasteiger partial charge in [-0.3, -0.25) is 9.69 Å². The van der Waals surface area contributed by atoms with Crippen molar-refractivity contribution in [2.24, 2.45) is 0 Å². The van der Waals surface area contributed by atoms with Gasteiger partial charge >= 0.3 is 5.97 Å². The molecule has 1 atom stereocenters. The molecule has 1 spiro atoms. The molecule has 2 fully saturated rings. The Labute approximate surface area is 127 Å². The molecule has 0 N–H and O–H groups in total. The zero-order valence-electron chi connectivity index (χ0n) is 13.6. The van der Waals surface area contributed by atoms with E-state index in [4.69, 9.17) is 14.2 Å². The topological polar surface area (TPSA) is 48.0 Å². The maximum atomic E-state index is 11.9. The van der Waals surface area contributed by atoms with Gasteiger partial charge in [0.05, 0.1) is 18.8 Å². The molecule has 0 aromatic heterocycles. The van der Waals surface area contributed by atoms with Gasteiger partial charge in [0.25, 0.3) is 0 Å². The molecule has 5 nitrogen and oxygen atoms in total. The Kier molecular flexibility index (Phi) is 6.02. The molecule has 2 aliphatic heterocycles. The average molecular weight is 299 g/mol. The maximum Gasteiger partial charge on any atom is 0.320 e. The Morgan fingerprint density at radius 3 is 2.67 bits per heavy atom. The highest BCUT2D eigenvalue weighted by Gasteiger charge is 2.41. The number of hydrogen-bond donors (Lipinski definition) is 0. The lowest BCUT2D eigenvalue weighted by molar-refractivity contribution is -0.160. The Bertz CT molecular complexity index is 334. The van der Waals surface area contributed by atoms with Gasteiger partial charge in [-0.15, -0.1) is 0 Å². The van der Waals surface area contributed by atoms with E-state index in [2.05, 4.69) is 18.7 Å². The molecule has 2 saturated heterocycles. The monoisotopic (exact) mass is 299 g/mol. The lowest BCUT2D eigenvalue weighted by atomic mass is 9.83. The number of carbonyl (C=O) groups excluding carboxylic acids is 1. The molecule has 5 heteroatoms. The van der Waals surface area contributed by atoms with Crippen molar-refractivity contribution in [1.82, 2.24) is 4.90 Å². The fraction of sp³-hybridized carbons (Fsp3) is 0.938. The molecule has 0 saturated carbocycles. The van der Waals surface area contributed by atoms with Gasteiger partial charge in [-0.2, -0.15) is 0 Å². The number of ether oxygens (including phenoxy) is 3. The van der Waals surface area contributed by atoms with Crippen molar-refractivity contribution in [2.75, 3.05) is 33.0 Å². The highest BCUT2D eigenvalue weighted by molar-refractivity contribution is 5.71. The van der Waals surface area contributed by atoms with Gasteiger partial charge in [-0.1, -0.05) is 0 Å². The Hall–Kier alpha value is -0.650. The average Bonchev–Trinajstić information content (AvgIpc) is 2.45. The van der Waals surface area contributed by atoms with Crippen molar-refractivity contribution < 1.29 is 19.0 Å².